The van der Waals surface area contributed by atoms with Crippen LogP contribution in [-0.4, -0.2) is 44.6 Å². The van der Waals surface area contributed by atoms with E-state index in [-0.39, 0.29) is 11.3 Å². The van der Waals surface area contributed by atoms with Gasteiger partial charge in [0.15, 0.2) is 0 Å². The van der Waals surface area contributed by atoms with Crippen LogP contribution in [0.4, 0.5) is 0 Å². The number of aryl methyl sites for hydroxylation is 1. The second-order valence-corrected chi connectivity index (χ2v) is 7.60. The lowest BCUT2D eigenvalue weighted by atomic mass is 10.1. The van der Waals surface area contributed by atoms with Crippen molar-refractivity contribution >= 4 is 16.0 Å². The lowest BCUT2D eigenvalue weighted by Gasteiger charge is -2.20. The molecule has 0 aliphatic carbocycles. The number of carbonyl (C=O) groups is 1. The lowest BCUT2D eigenvalue weighted by molar-refractivity contribution is -0.142. The maximum absolute atomic E-state index is 13.0. The van der Waals surface area contributed by atoms with Gasteiger partial charge in [-0.1, -0.05) is 0 Å². The number of H-pyrrole nitrogens is 1. The predicted molar refractivity (Wildman–Crippen MR) is 95.6 cm³/mol. The van der Waals surface area contributed by atoms with Crippen molar-refractivity contribution in [3.8, 4) is 5.75 Å². The SMILES string of the molecule is COC(=O)C(Cc1cnc[nH]1)NS(=O)(=O)c1c(C)cc(OC)c(C)c1C. The number of benzene rings is 1. The van der Waals surface area contributed by atoms with Crippen LogP contribution in [0.25, 0.3) is 0 Å². The van der Waals surface area contributed by atoms with Gasteiger partial charge >= 0.3 is 5.97 Å². The quantitative estimate of drug-likeness (QED) is 0.702. The topological polar surface area (TPSA) is 110 Å². The van der Waals surface area contributed by atoms with Gasteiger partial charge in [0.25, 0.3) is 0 Å². The molecule has 0 saturated heterocycles. The molecule has 1 aromatic heterocycles. The van der Waals surface area contributed by atoms with E-state index in [1.807, 2.05) is 0 Å². The number of hydrogen-bond acceptors (Lipinski definition) is 6. The molecule has 0 bridgehead atoms. The Labute approximate surface area is 153 Å². The molecule has 2 rings (SSSR count). The van der Waals surface area contributed by atoms with Gasteiger partial charge in [-0.05, 0) is 43.5 Å². The van der Waals surface area contributed by atoms with Gasteiger partial charge in [-0.3, -0.25) is 4.79 Å². The summed E-state index contributed by atoms with van der Waals surface area (Å²) in [5.74, 6) is -0.0651. The summed E-state index contributed by atoms with van der Waals surface area (Å²) in [5.41, 5.74) is 2.44. The molecule has 1 heterocycles. The number of hydrogen-bond donors (Lipinski definition) is 2. The van der Waals surface area contributed by atoms with E-state index in [1.54, 1.807) is 26.8 Å². The first-order chi connectivity index (χ1) is 12.2. The fraction of sp³-hybridized carbons (Fsp3) is 0.412. The van der Waals surface area contributed by atoms with Crippen molar-refractivity contribution in [1.82, 2.24) is 14.7 Å². The average molecular weight is 381 g/mol. The smallest absolute Gasteiger partial charge is 0.324 e. The van der Waals surface area contributed by atoms with Crippen LogP contribution in [0.5, 0.6) is 5.75 Å². The zero-order chi connectivity index (χ0) is 19.5. The molecule has 0 fully saturated rings. The van der Waals surface area contributed by atoms with Crippen molar-refractivity contribution in [2.45, 2.75) is 38.1 Å². The summed E-state index contributed by atoms with van der Waals surface area (Å²) in [6.07, 6.45) is 3.08. The molecule has 2 N–H and O–H groups in total. The summed E-state index contributed by atoms with van der Waals surface area (Å²) in [4.78, 5) is 18.9. The molecule has 0 radical (unpaired) electrons. The molecule has 1 atom stereocenters. The Morgan fingerprint density at radius 1 is 1.27 bits per heavy atom. The molecule has 0 saturated carbocycles. The maximum atomic E-state index is 13.0. The Hall–Kier alpha value is -2.39. The van der Waals surface area contributed by atoms with Crippen molar-refractivity contribution in [1.29, 1.82) is 0 Å². The van der Waals surface area contributed by atoms with E-state index < -0.39 is 22.0 Å². The number of imidazole rings is 1. The summed E-state index contributed by atoms with van der Waals surface area (Å²) in [5, 5.41) is 0. The summed E-state index contributed by atoms with van der Waals surface area (Å²) >= 11 is 0. The Balaban J connectivity index is 2.42. The van der Waals surface area contributed by atoms with Crippen molar-refractivity contribution in [3.63, 3.8) is 0 Å². The van der Waals surface area contributed by atoms with Gasteiger partial charge in [0.2, 0.25) is 10.0 Å². The molecule has 9 heteroatoms. The van der Waals surface area contributed by atoms with Gasteiger partial charge in [-0.15, -0.1) is 0 Å². The molecule has 0 spiro atoms. The fourth-order valence-electron chi connectivity index (χ4n) is 2.82. The standard InChI is InChI=1S/C17H23N3O5S/c1-10-6-15(24-4)11(2)12(3)16(10)26(22,23)20-14(17(21)25-5)7-13-8-18-9-19-13/h6,8-9,14,20H,7H2,1-5H3,(H,18,19). The van der Waals surface area contributed by atoms with E-state index in [2.05, 4.69) is 14.7 Å². The first-order valence-electron chi connectivity index (χ1n) is 7.93. The number of nitrogens with zero attached hydrogens (tertiary/aromatic N) is 1. The average Bonchev–Trinajstić information content (AvgIpc) is 3.09. The minimum Gasteiger partial charge on any atom is -0.496 e. The highest BCUT2D eigenvalue weighted by molar-refractivity contribution is 7.89. The molecule has 0 aliphatic rings. The van der Waals surface area contributed by atoms with E-state index in [1.165, 1.54) is 26.7 Å². The number of sulfonamides is 1. The molecule has 2 aromatic rings. The normalized spacial score (nSPS) is 12.7. The monoisotopic (exact) mass is 381 g/mol. The Morgan fingerprint density at radius 2 is 1.96 bits per heavy atom. The number of ether oxygens (including phenoxy) is 2. The van der Waals surface area contributed by atoms with Crippen LogP contribution in [0.2, 0.25) is 0 Å². The number of esters is 1. The Morgan fingerprint density at radius 3 is 2.50 bits per heavy atom. The van der Waals surface area contributed by atoms with Gasteiger partial charge in [-0.2, -0.15) is 4.72 Å². The third-order valence-corrected chi connectivity index (χ3v) is 5.99. The fourth-order valence-corrected chi connectivity index (χ4v) is 4.54. The van der Waals surface area contributed by atoms with E-state index in [9.17, 15) is 13.2 Å². The summed E-state index contributed by atoms with van der Waals surface area (Å²) in [6.45, 7) is 5.18. The van der Waals surface area contributed by atoms with Crippen LogP contribution in [-0.2, 0) is 26.0 Å². The molecule has 142 valence electrons. The second kappa shape index (κ2) is 7.88. The molecular weight excluding hydrogens is 358 g/mol. The van der Waals surface area contributed by atoms with Crippen molar-refractivity contribution in [3.05, 3.63) is 41.0 Å². The van der Waals surface area contributed by atoms with Crippen LogP contribution < -0.4 is 9.46 Å². The van der Waals surface area contributed by atoms with Gasteiger partial charge in [0, 0.05) is 18.3 Å². The number of rotatable bonds is 7. The Bertz CT molecular complexity index is 892. The minimum absolute atomic E-state index is 0.0964. The first kappa shape index (κ1) is 19.9. The first-order valence-corrected chi connectivity index (χ1v) is 9.41. The highest BCUT2D eigenvalue weighted by Gasteiger charge is 2.30. The van der Waals surface area contributed by atoms with Crippen LogP contribution in [0, 0.1) is 20.8 Å². The van der Waals surface area contributed by atoms with E-state index in [0.717, 1.165) is 5.56 Å². The number of nitrogens with one attached hydrogen (secondary N) is 2. The molecule has 8 nitrogen and oxygen atoms in total. The molecule has 0 amide bonds. The van der Waals surface area contributed by atoms with Crippen LogP contribution in [0.15, 0.2) is 23.5 Å². The van der Waals surface area contributed by atoms with Gasteiger partial charge < -0.3 is 14.5 Å². The number of methoxy groups -OCH3 is 2. The molecule has 26 heavy (non-hydrogen) atoms. The van der Waals surface area contributed by atoms with Gasteiger partial charge in [0.1, 0.15) is 11.8 Å². The number of aromatic nitrogens is 2. The molecule has 0 aliphatic heterocycles. The van der Waals surface area contributed by atoms with Crippen molar-refractivity contribution in [2.75, 3.05) is 14.2 Å². The Kier molecular flexibility index (Phi) is 6.04. The van der Waals surface area contributed by atoms with Crippen molar-refractivity contribution < 1.29 is 22.7 Å². The van der Waals surface area contributed by atoms with Crippen LogP contribution >= 0.6 is 0 Å². The maximum Gasteiger partial charge on any atom is 0.324 e. The summed E-state index contributed by atoms with van der Waals surface area (Å²) in [6, 6.07) is 0.588. The third kappa shape index (κ3) is 4.05. The molecule has 1 unspecified atom stereocenters. The lowest BCUT2D eigenvalue weighted by Crippen LogP contribution is -2.43. The summed E-state index contributed by atoms with van der Waals surface area (Å²) in [7, 11) is -1.22. The number of aromatic amines is 1. The van der Waals surface area contributed by atoms with E-state index >= 15 is 0 Å². The van der Waals surface area contributed by atoms with E-state index in [0.29, 0.717) is 22.6 Å². The number of carbonyl (C=O) groups excluding carboxylic acids is 1. The minimum atomic E-state index is -3.97. The largest absolute Gasteiger partial charge is 0.496 e. The van der Waals surface area contributed by atoms with Crippen LogP contribution in [0.1, 0.15) is 22.4 Å². The van der Waals surface area contributed by atoms with E-state index in [4.69, 9.17) is 9.47 Å². The zero-order valence-corrected chi connectivity index (χ0v) is 16.2. The zero-order valence-electron chi connectivity index (χ0n) is 15.4. The second-order valence-electron chi connectivity index (χ2n) is 5.95. The van der Waals surface area contributed by atoms with Crippen molar-refractivity contribution in [2.24, 2.45) is 0 Å². The highest BCUT2D eigenvalue weighted by Crippen LogP contribution is 2.30. The van der Waals surface area contributed by atoms with Gasteiger partial charge in [-0.25, -0.2) is 13.4 Å². The highest BCUT2D eigenvalue weighted by atomic mass is 32.2. The molecule has 1 aromatic carbocycles. The van der Waals surface area contributed by atoms with Gasteiger partial charge in [0.05, 0.1) is 25.4 Å². The predicted octanol–water partition coefficient (Wildman–Crippen LogP) is 1.41. The van der Waals surface area contributed by atoms with Crippen LogP contribution in [0.3, 0.4) is 0 Å². The summed E-state index contributed by atoms with van der Waals surface area (Å²) < 4.78 is 38.5. The molecular formula is C17H23N3O5S. The third-order valence-electron chi connectivity index (χ3n) is 4.23.